The number of carbonyl (C=O) groups excluding carboxylic acids is 1. The fourth-order valence-corrected chi connectivity index (χ4v) is 2.51. The van der Waals surface area contributed by atoms with Crippen LogP contribution in [0.3, 0.4) is 0 Å². The van der Waals surface area contributed by atoms with Gasteiger partial charge in [0.25, 0.3) is 0 Å². The fraction of sp³-hybridized carbons (Fsp3) is 0.562. The van der Waals surface area contributed by atoms with E-state index < -0.39 is 0 Å². The summed E-state index contributed by atoms with van der Waals surface area (Å²) in [5.74, 6) is 1.44. The molecular weight excluding hydrogens is 284 g/mol. The van der Waals surface area contributed by atoms with E-state index in [0.717, 1.165) is 13.1 Å². The molecule has 0 radical (unpaired) electrons. The molecule has 122 valence electrons. The van der Waals surface area contributed by atoms with Crippen LogP contribution in [0.15, 0.2) is 24.3 Å². The van der Waals surface area contributed by atoms with Crippen LogP contribution >= 0.6 is 0 Å². The van der Waals surface area contributed by atoms with Crippen molar-refractivity contribution < 1.29 is 19.4 Å². The second-order valence-electron chi connectivity index (χ2n) is 5.20. The number of hydrogen-bond donors (Lipinski definition) is 1. The third-order valence-corrected chi connectivity index (χ3v) is 3.78. The van der Waals surface area contributed by atoms with Crippen LogP contribution < -0.4 is 9.47 Å². The maximum Gasteiger partial charge on any atom is 0.226 e. The molecule has 1 aliphatic heterocycles. The molecule has 22 heavy (non-hydrogen) atoms. The Balaban J connectivity index is 1.72. The predicted octanol–water partition coefficient (Wildman–Crippen LogP) is 0.601. The van der Waals surface area contributed by atoms with E-state index in [4.69, 9.17) is 14.6 Å². The minimum atomic E-state index is 0.110. The highest BCUT2D eigenvalue weighted by atomic mass is 16.5. The highest BCUT2D eigenvalue weighted by molar-refractivity contribution is 5.76. The lowest BCUT2D eigenvalue weighted by molar-refractivity contribution is -0.133. The number of hydrogen-bond acceptors (Lipinski definition) is 5. The van der Waals surface area contributed by atoms with E-state index >= 15 is 0 Å². The Morgan fingerprint density at radius 3 is 2.50 bits per heavy atom. The molecule has 1 N–H and O–H groups in total. The van der Waals surface area contributed by atoms with Crippen LogP contribution in [0.2, 0.25) is 0 Å². The fourth-order valence-electron chi connectivity index (χ4n) is 2.51. The smallest absolute Gasteiger partial charge is 0.226 e. The van der Waals surface area contributed by atoms with Crippen LogP contribution in [-0.2, 0) is 4.79 Å². The maximum atomic E-state index is 12.2. The Labute approximate surface area is 131 Å². The Hall–Kier alpha value is -1.79. The zero-order valence-electron chi connectivity index (χ0n) is 13.0. The standard InChI is InChI=1S/C16H24N2O4/c1-21-14-4-2-3-5-15(14)22-13-6-16(20)18-9-7-17(8-10-18)11-12-19/h2-5,19H,6-13H2,1H3. The van der Waals surface area contributed by atoms with Gasteiger partial charge in [-0.2, -0.15) is 0 Å². The summed E-state index contributed by atoms with van der Waals surface area (Å²) in [6.45, 7) is 4.26. The molecule has 0 spiro atoms. The number of para-hydroxylation sites is 2. The monoisotopic (exact) mass is 308 g/mol. The van der Waals surface area contributed by atoms with Crippen molar-refractivity contribution in [2.45, 2.75) is 6.42 Å². The lowest BCUT2D eigenvalue weighted by Crippen LogP contribution is -2.49. The Kier molecular flexibility index (Phi) is 6.48. The number of piperazine rings is 1. The van der Waals surface area contributed by atoms with Crippen molar-refractivity contribution in [3.63, 3.8) is 0 Å². The number of aliphatic hydroxyl groups is 1. The Morgan fingerprint density at radius 2 is 1.86 bits per heavy atom. The summed E-state index contributed by atoms with van der Waals surface area (Å²) in [6.07, 6.45) is 0.359. The van der Waals surface area contributed by atoms with E-state index in [1.807, 2.05) is 29.2 Å². The second-order valence-corrected chi connectivity index (χ2v) is 5.20. The summed E-state index contributed by atoms with van der Waals surface area (Å²) in [5.41, 5.74) is 0. The van der Waals surface area contributed by atoms with E-state index in [0.29, 0.717) is 44.2 Å². The van der Waals surface area contributed by atoms with Crippen LogP contribution in [0.1, 0.15) is 6.42 Å². The first-order valence-electron chi connectivity index (χ1n) is 7.61. The zero-order chi connectivity index (χ0) is 15.8. The molecule has 0 bridgehead atoms. The average molecular weight is 308 g/mol. The van der Waals surface area contributed by atoms with Gasteiger partial charge in [-0.3, -0.25) is 9.69 Å². The van der Waals surface area contributed by atoms with E-state index in [1.165, 1.54) is 0 Å². The van der Waals surface area contributed by atoms with Crippen LogP contribution in [0.5, 0.6) is 11.5 Å². The molecule has 0 aromatic heterocycles. The number of ether oxygens (including phenoxy) is 2. The van der Waals surface area contributed by atoms with Gasteiger partial charge in [0.15, 0.2) is 11.5 Å². The molecule has 1 amide bonds. The predicted molar refractivity (Wildman–Crippen MR) is 83.2 cm³/mol. The largest absolute Gasteiger partial charge is 0.493 e. The van der Waals surface area contributed by atoms with Crippen molar-refractivity contribution in [2.75, 3.05) is 53.0 Å². The van der Waals surface area contributed by atoms with Crippen LogP contribution in [0, 0.1) is 0 Å². The van der Waals surface area contributed by atoms with Gasteiger partial charge in [0.05, 0.1) is 26.7 Å². The molecule has 6 nitrogen and oxygen atoms in total. The molecule has 1 saturated heterocycles. The first-order valence-corrected chi connectivity index (χ1v) is 7.61. The molecule has 1 aromatic carbocycles. The lowest BCUT2D eigenvalue weighted by atomic mass is 10.2. The number of rotatable bonds is 7. The number of aliphatic hydroxyl groups excluding tert-OH is 1. The van der Waals surface area contributed by atoms with Crippen molar-refractivity contribution in [1.29, 1.82) is 0 Å². The van der Waals surface area contributed by atoms with Crippen molar-refractivity contribution in [3.05, 3.63) is 24.3 Å². The first-order chi connectivity index (χ1) is 10.7. The summed E-state index contributed by atoms with van der Waals surface area (Å²) < 4.78 is 10.8. The quantitative estimate of drug-likeness (QED) is 0.799. The van der Waals surface area contributed by atoms with Gasteiger partial charge in [0.1, 0.15) is 0 Å². The van der Waals surface area contributed by atoms with Gasteiger partial charge in [-0.05, 0) is 12.1 Å². The third-order valence-electron chi connectivity index (χ3n) is 3.78. The summed E-state index contributed by atoms with van der Waals surface area (Å²) in [4.78, 5) is 16.2. The number of β-amino-alcohol motifs (C(OH)–C–C–N with tert-alkyl or cyclic N) is 1. The van der Waals surface area contributed by atoms with E-state index in [9.17, 15) is 4.79 Å². The number of benzene rings is 1. The van der Waals surface area contributed by atoms with Gasteiger partial charge in [-0.1, -0.05) is 12.1 Å². The number of methoxy groups -OCH3 is 1. The number of carbonyl (C=O) groups is 1. The number of nitrogens with zero attached hydrogens (tertiary/aromatic N) is 2. The SMILES string of the molecule is COc1ccccc1OCCC(=O)N1CCN(CCO)CC1. The van der Waals surface area contributed by atoms with Crippen LogP contribution in [0.25, 0.3) is 0 Å². The van der Waals surface area contributed by atoms with Crippen LogP contribution in [-0.4, -0.2) is 73.9 Å². The topological polar surface area (TPSA) is 62.2 Å². The minimum absolute atomic E-state index is 0.110. The summed E-state index contributed by atoms with van der Waals surface area (Å²) >= 11 is 0. The summed E-state index contributed by atoms with van der Waals surface area (Å²) in [7, 11) is 1.60. The van der Waals surface area contributed by atoms with Gasteiger partial charge in [0.2, 0.25) is 5.91 Å². The highest BCUT2D eigenvalue weighted by Gasteiger charge is 2.20. The summed E-state index contributed by atoms with van der Waals surface area (Å²) in [5, 5.41) is 8.91. The molecule has 1 fully saturated rings. The number of amides is 1. The molecule has 0 saturated carbocycles. The maximum absolute atomic E-state index is 12.2. The van der Waals surface area contributed by atoms with Crippen LogP contribution in [0.4, 0.5) is 0 Å². The third kappa shape index (κ3) is 4.61. The molecule has 2 rings (SSSR count). The second kappa shape index (κ2) is 8.60. The molecule has 6 heteroatoms. The van der Waals surface area contributed by atoms with Crippen molar-refractivity contribution in [1.82, 2.24) is 9.80 Å². The van der Waals surface area contributed by atoms with Crippen molar-refractivity contribution in [3.8, 4) is 11.5 Å². The Bertz CT molecular complexity index is 473. The highest BCUT2D eigenvalue weighted by Crippen LogP contribution is 2.25. The van der Waals surface area contributed by atoms with E-state index in [-0.39, 0.29) is 12.5 Å². The van der Waals surface area contributed by atoms with Gasteiger partial charge in [-0.25, -0.2) is 0 Å². The molecule has 1 aromatic rings. The van der Waals surface area contributed by atoms with E-state index in [1.54, 1.807) is 7.11 Å². The van der Waals surface area contributed by atoms with E-state index in [2.05, 4.69) is 4.90 Å². The molecule has 1 aliphatic rings. The van der Waals surface area contributed by atoms with Gasteiger partial charge < -0.3 is 19.5 Å². The van der Waals surface area contributed by atoms with Gasteiger partial charge in [0, 0.05) is 32.7 Å². The zero-order valence-corrected chi connectivity index (χ0v) is 13.0. The minimum Gasteiger partial charge on any atom is -0.493 e. The summed E-state index contributed by atoms with van der Waals surface area (Å²) in [6, 6.07) is 7.41. The van der Waals surface area contributed by atoms with Crippen molar-refractivity contribution >= 4 is 5.91 Å². The average Bonchev–Trinajstić information content (AvgIpc) is 2.56. The molecule has 0 atom stereocenters. The molecular formula is C16H24N2O4. The lowest BCUT2D eigenvalue weighted by Gasteiger charge is -2.34. The normalized spacial score (nSPS) is 15.6. The van der Waals surface area contributed by atoms with Gasteiger partial charge >= 0.3 is 0 Å². The molecule has 0 unspecified atom stereocenters. The Morgan fingerprint density at radius 1 is 1.18 bits per heavy atom. The van der Waals surface area contributed by atoms with Gasteiger partial charge in [-0.15, -0.1) is 0 Å². The molecule has 0 aliphatic carbocycles. The first kappa shape index (κ1) is 16.6. The molecule has 1 heterocycles. The van der Waals surface area contributed by atoms with Crippen molar-refractivity contribution in [2.24, 2.45) is 0 Å².